The summed E-state index contributed by atoms with van der Waals surface area (Å²) in [5, 5.41) is 2.13. The number of benzene rings is 2. The fourth-order valence-electron chi connectivity index (χ4n) is 2.94. The van der Waals surface area contributed by atoms with Gasteiger partial charge in [-0.1, -0.05) is 23.7 Å². The predicted molar refractivity (Wildman–Crippen MR) is 98.8 cm³/mol. The van der Waals surface area contributed by atoms with Crippen molar-refractivity contribution < 1.29 is 26.4 Å². The summed E-state index contributed by atoms with van der Waals surface area (Å²) in [7, 11) is -3.89. The number of nitrogens with one attached hydrogen (secondary N) is 1. The molecule has 2 aromatic rings. The highest BCUT2D eigenvalue weighted by Gasteiger charge is 2.34. The average Bonchev–Trinajstić information content (AvgIpc) is 3.17. The van der Waals surface area contributed by atoms with E-state index in [9.17, 15) is 26.4 Å². The SMILES string of the molecule is O=C(Nc1ccccc1C(F)(F)F)c1ccc(Cl)c(S(=O)(=O)N2CCCC2)c1. The molecule has 0 spiro atoms. The van der Waals surface area contributed by atoms with E-state index in [0.29, 0.717) is 13.1 Å². The van der Waals surface area contributed by atoms with Crippen LogP contribution in [0.5, 0.6) is 0 Å². The zero-order valence-corrected chi connectivity index (χ0v) is 16.0. The van der Waals surface area contributed by atoms with Crippen LogP contribution in [0.25, 0.3) is 0 Å². The standard InChI is InChI=1S/C18H16ClF3N2O3S/c19-14-8-7-12(11-16(14)28(26,27)24-9-3-4-10-24)17(25)23-15-6-2-1-5-13(15)18(20,21)22/h1-2,5-8,11H,3-4,9-10H2,(H,23,25). The third-order valence-electron chi connectivity index (χ3n) is 4.36. The number of amides is 1. The number of halogens is 4. The average molecular weight is 433 g/mol. The maximum absolute atomic E-state index is 13.1. The third kappa shape index (κ3) is 4.16. The Morgan fingerprint density at radius 1 is 1.07 bits per heavy atom. The number of rotatable bonds is 4. The molecule has 1 aliphatic heterocycles. The first kappa shape index (κ1) is 20.6. The molecule has 1 aliphatic rings. The Balaban J connectivity index is 1.92. The molecule has 0 atom stereocenters. The van der Waals surface area contributed by atoms with E-state index < -0.39 is 33.4 Å². The van der Waals surface area contributed by atoms with E-state index in [1.54, 1.807) is 0 Å². The Morgan fingerprint density at radius 2 is 1.71 bits per heavy atom. The molecule has 0 aromatic heterocycles. The first-order valence-corrected chi connectivity index (χ1v) is 10.2. The lowest BCUT2D eigenvalue weighted by Gasteiger charge is -2.17. The molecule has 0 aliphatic carbocycles. The van der Waals surface area contributed by atoms with Crippen LogP contribution in [0, 0.1) is 0 Å². The van der Waals surface area contributed by atoms with Gasteiger partial charge in [-0.25, -0.2) is 8.42 Å². The fraction of sp³-hybridized carbons (Fsp3) is 0.278. The van der Waals surface area contributed by atoms with Crippen LogP contribution in [0.2, 0.25) is 5.02 Å². The monoisotopic (exact) mass is 432 g/mol. The molecule has 1 saturated heterocycles. The van der Waals surface area contributed by atoms with Crippen molar-refractivity contribution in [2.24, 2.45) is 0 Å². The summed E-state index contributed by atoms with van der Waals surface area (Å²) in [6.45, 7) is 0.710. The molecule has 1 amide bonds. The fourth-order valence-corrected chi connectivity index (χ4v) is 4.96. The molecule has 150 valence electrons. The minimum atomic E-state index is -4.64. The molecule has 0 unspecified atom stereocenters. The largest absolute Gasteiger partial charge is 0.418 e. The van der Waals surface area contributed by atoms with Gasteiger partial charge in [-0.3, -0.25) is 4.79 Å². The van der Waals surface area contributed by atoms with Crippen LogP contribution >= 0.6 is 11.6 Å². The van der Waals surface area contributed by atoms with E-state index in [4.69, 9.17) is 11.6 Å². The van der Waals surface area contributed by atoms with E-state index in [0.717, 1.165) is 31.0 Å². The van der Waals surface area contributed by atoms with Crippen molar-refractivity contribution in [3.05, 3.63) is 58.6 Å². The molecule has 10 heteroatoms. The molecule has 0 bridgehead atoms. The van der Waals surface area contributed by atoms with Crippen LogP contribution < -0.4 is 5.32 Å². The van der Waals surface area contributed by atoms with Crippen molar-refractivity contribution in [3.63, 3.8) is 0 Å². The Kier molecular flexibility index (Phi) is 5.69. The van der Waals surface area contributed by atoms with E-state index in [2.05, 4.69) is 5.32 Å². The van der Waals surface area contributed by atoms with Crippen LogP contribution in [0.15, 0.2) is 47.4 Å². The summed E-state index contributed by atoms with van der Waals surface area (Å²) in [5.74, 6) is -0.869. The summed E-state index contributed by atoms with van der Waals surface area (Å²) in [6.07, 6.45) is -3.19. The highest BCUT2D eigenvalue weighted by molar-refractivity contribution is 7.89. The molecule has 5 nitrogen and oxygen atoms in total. The molecule has 3 rings (SSSR count). The van der Waals surface area contributed by atoms with Crippen LogP contribution in [-0.2, 0) is 16.2 Å². The van der Waals surface area contributed by atoms with Crippen LogP contribution in [0.1, 0.15) is 28.8 Å². The lowest BCUT2D eigenvalue weighted by Crippen LogP contribution is -2.28. The lowest BCUT2D eigenvalue weighted by molar-refractivity contribution is -0.136. The molecule has 1 fully saturated rings. The molecule has 1 heterocycles. The van der Waals surface area contributed by atoms with Crippen molar-refractivity contribution in [3.8, 4) is 0 Å². The number of para-hydroxylation sites is 1. The maximum Gasteiger partial charge on any atom is 0.418 e. The summed E-state index contributed by atoms with van der Waals surface area (Å²) in [6, 6.07) is 8.13. The summed E-state index contributed by atoms with van der Waals surface area (Å²) in [5.41, 5.74) is -1.53. The second kappa shape index (κ2) is 7.73. The number of alkyl halides is 3. The van der Waals surface area contributed by atoms with Crippen molar-refractivity contribution in [2.45, 2.75) is 23.9 Å². The highest BCUT2D eigenvalue weighted by atomic mass is 35.5. The summed E-state index contributed by atoms with van der Waals surface area (Å²) >= 11 is 6.02. The Bertz CT molecular complexity index is 1000. The van der Waals surface area contributed by atoms with Crippen molar-refractivity contribution in [1.82, 2.24) is 4.31 Å². The first-order valence-electron chi connectivity index (χ1n) is 8.38. The van der Waals surface area contributed by atoms with Crippen LogP contribution in [0.4, 0.5) is 18.9 Å². The molecule has 0 radical (unpaired) electrons. The second-order valence-electron chi connectivity index (χ2n) is 6.25. The topological polar surface area (TPSA) is 66.5 Å². The normalized spacial score (nSPS) is 15.6. The zero-order chi connectivity index (χ0) is 20.5. The van der Waals surface area contributed by atoms with Gasteiger partial charge in [0.05, 0.1) is 16.3 Å². The zero-order valence-electron chi connectivity index (χ0n) is 14.5. The second-order valence-corrected chi connectivity index (χ2v) is 8.57. The number of carbonyl (C=O) groups excluding carboxylic acids is 1. The Hall–Kier alpha value is -2.10. The maximum atomic E-state index is 13.1. The molecule has 2 aromatic carbocycles. The van der Waals surface area contributed by atoms with Gasteiger partial charge in [0.1, 0.15) is 4.90 Å². The van der Waals surface area contributed by atoms with Gasteiger partial charge in [0, 0.05) is 18.7 Å². The van der Waals surface area contributed by atoms with Gasteiger partial charge in [-0.2, -0.15) is 17.5 Å². The third-order valence-corrected chi connectivity index (χ3v) is 6.74. The van der Waals surface area contributed by atoms with Gasteiger partial charge in [0.2, 0.25) is 10.0 Å². The van der Waals surface area contributed by atoms with E-state index in [-0.39, 0.29) is 15.5 Å². The molecule has 1 N–H and O–H groups in total. The van der Waals surface area contributed by atoms with Crippen LogP contribution in [0.3, 0.4) is 0 Å². The number of carbonyl (C=O) groups is 1. The minimum absolute atomic E-state index is 0.0564. The number of anilines is 1. The first-order chi connectivity index (χ1) is 13.1. The molecule has 0 saturated carbocycles. The van der Waals surface area contributed by atoms with E-state index in [1.165, 1.54) is 28.6 Å². The van der Waals surface area contributed by atoms with E-state index in [1.807, 2.05) is 0 Å². The number of nitrogens with zero attached hydrogens (tertiary/aromatic N) is 1. The Labute approximate surface area is 165 Å². The predicted octanol–water partition coefficient (Wildman–Crippen LogP) is 4.40. The van der Waals surface area contributed by atoms with Gasteiger partial charge in [0.15, 0.2) is 0 Å². The number of hydrogen-bond acceptors (Lipinski definition) is 3. The van der Waals surface area contributed by atoms with Crippen molar-refractivity contribution >= 4 is 33.2 Å². The van der Waals surface area contributed by atoms with Crippen LogP contribution in [-0.4, -0.2) is 31.7 Å². The highest BCUT2D eigenvalue weighted by Crippen LogP contribution is 2.35. The number of sulfonamides is 1. The van der Waals surface area contributed by atoms with Gasteiger partial charge >= 0.3 is 6.18 Å². The summed E-state index contributed by atoms with van der Waals surface area (Å²) in [4.78, 5) is 12.2. The van der Waals surface area contributed by atoms with Crippen molar-refractivity contribution in [2.75, 3.05) is 18.4 Å². The van der Waals surface area contributed by atoms with Gasteiger partial charge in [0.25, 0.3) is 5.91 Å². The quantitative estimate of drug-likeness (QED) is 0.779. The minimum Gasteiger partial charge on any atom is -0.321 e. The van der Waals surface area contributed by atoms with Gasteiger partial charge in [-0.15, -0.1) is 0 Å². The molecular formula is C18H16ClF3N2O3S. The molecular weight excluding hydrogens is 417 g/mol. The van der Waals surface area contributed by atoms with Gasteiger partial charge in [-0.05, 0) is 43.2 Å². The summed E-state index contributed by atoms with van der Waals surface area (Å²) < 4.78 is 66.0. The van der Waals surface area contributed by atoms with Gasteiger partial charge < -0.3 is 5.32 Å². The Morgan fingerprint density at radius 3 is 2.36 bits per heavy atom. The lowest BCUT2D eigenvalue weighted by atomic mass is 10.1. The molecule has 28 heavy (non-hydrogen) atoms. The van der Waals surface area contributed by atoms with Crippen molar-refractivity contribution in [1.29, 1.82) is 0 Å². The van der Waals surface area contributed by atoms with E-state index >= 15 is 0 Å². The number of hydrogen-bond donors (Lipinski definition) is 1. The smallest absolute Gasteiger partial charge is 0.321 e.